The van der Waals surface area contributed by atoms with Crippen LogP contribution < -0.4 is 5.32 Å². The van der Waals surface area contributed by atoms with Crippen molar-refractivity contribution in [2.75, 3.05) is 11.9 Å². The fourth-order valence-corrected chi connectivity index (χ4v) is 1.82. The zero-order chi connectivity index (χ0) is 13.0. The maximum absolute atomic E-state index is 11.9. The highest BCUT2D eigenvalue weighted by atomic mass is 16.5. The molecule has 6 nitrogen and oxygen atoms in total. The van der Waals surface area contributed by atoms with Crippen molar-refractivity contribution in [1.29, 1.82) is 0 Å². The van der Waals surface area contributed by atoms with E-state index >= 15 is 0 Å². The Balaban J connectivity index is 2.08. The highest BCUT2D eigenvalue weighted by Crippen LogP contribution is 2.16. The van der Waals surface area contributed by atoms with E-state index < -0.39 is 12.1 Å². The lowest BCUT2D eigenvalue weighted by Crippen LogP contribution is -2.33. The molecule has 6 heteroatoms. The van der Waals surface area contributed by atoms with Crippen molar-refractivity contribution < 1.29 is 19.4 Å². The van der Waals surface area contributed by atoms with E-state index in [2.05, 4.69) is 10.3 Å². The summed E-state index contributed by atoms with van der Waals surface area (Å²) in [5, 5.41) is 11.5. The summed E-state index contributed by atoms with van der Waals surface area (Å²) >= 11 is 0. The number of amides is 1. The molecule has 1 fully saturated rings. The molecular formula is C12H14N2O4. The number of anilines is 1. The second-order valence-electron chi connectivity index (χ2n) is 4.05. The molecule has 0 saturated carbocycles. The van der Waals surface area contributed by atoms with E-state index in [1.807, 2.05) is 0 Å². The van der Waals surface area contributed by atoms with Crippen LogP contribution in [-0.4, -0.2) is 34.7 Å². The Labute approximate surface area is 104 Å². The zero-order valence-corrected chi connectivity index (χ0v) is 9.76. The van der Waals surface area contributed by atoms with Crippen molar-refractivity contribution in [3.05, 3.63) is 23.9 Å². The lowest BCUT2D eigenvalue weighted by molar-refractivity contribution is -0.130. The van der Waals surface area contributed by atoms with Gasteiger partial charge in [-0.2, -0.15) is 0 Å². The minimum Gasteiger partial charge on any atom is -0.478 e. The maximum Gasteiger partial charge on any atom is 0.339 e. The topological polar surface area (TPSA) is 88.5 Å². The number of nitrogens with zero attached hydrogens (tertiary/aromatic N) is 1. The highest BCUT2D eigenvalue weighted by Gasteiger charge is 2.23. The molecule has 0 bridgehead atoms. The van der Waals surface area contributed by atoms with E-state index in [-0.39, 0.29) is 17.3 Å². The minimum absolute atomic E-state index is 0.0262. The number of carbonyl (C=O) groups excluding carboxylic acids is 1. The zero-order valence-electron chi connectivity index (χ0n) is 9.76. The normalized spacial score (nSPS) is 19.2. The summed E-state index contributed by atoms with van der Waals surface area (Å²) < 4.78 is 5.33. The number of hydrogen-bond donors (Lipinski definition) is 2. The van der Waals surface area contributed by atoms with Gasteiger partial charge in [-0.1, -0.05) is 0 Å². The second kappa shape index (κ2) is 5.59. The molecule has 1 amide bonds. The molecule has 1 unspecified atom stereocenters. The first-order chi connectivity index (χ1) is 8.68. The second-order valence-corrected chi connectivity index (χ2v) is 4.05. The van der Waals surface area contributed by atoms with Gasteiger partial charge in [0.2, 0.25) is 0 Å². The van der Waals surface area contributed by atoms with Crippen molar-refractivity contribution in [3.8, 4) is 0 Å². The largest absolute Gasteiger partial charge is 0.478 e. The van der Waals surface area contributed by atoms with Gasteiger partial charge in [0.15, 0.2) is 0 Å². The molecule has 0 aromatic carbocycles. The van der Waals surface area contributed by atoms with Crippen LogP contribution in [0.3, 0.4) is 0 Å². The van der Waals surface area contributed by atoms with Crippen LogP contribution in [0.5, 0.6) is 0 Å². The summed E-state index contributed by atoms with van der Waals surface area (Å²) in [5.41, 5.74) is -0.0262. The van der Waals surface area contributed by atoms with Gasteiger partial charge in [0.1, 0.15) is 17.5 Å². The number of carboxylic acids is 1. The standard InChI is InChI=1S/C12H14N2O4/c15-11(9-5-1-2-7-18-9)14-10-8(12(16)17)4-3-6-13-10/h3-4,6,9H,1-2,5,7H2,(H,16,17)(H,13,14,15). The lowest BCUT2D eigenvalue weighted by atomic mass is 10.1. The molecule has 1 saturated heterocycles. The molecule has 1 atom stereocenters. The SMILES string of the molecule is O=C(O)c1cccnc1NC(=O)C1CCCCO1. The van der Waals surface area contributed by atoms with Crippen LogP contribution in [0, 0.1) is 0 Å². The van der Waals surface area contributed by atoms with Gasteiger partial charge in [-0.15, -0.1) is 0 Å². The van der Waals surface area contributed by atoms with E-state index in [1.54, 1.807) is 0 Å². The monoisotopic (exact) mass is 250 g/mol. The molecule has 1 aliphatic heterocycles. The lowest BCUT2D eigenvalue weighted by Gasteiger charge is -2.21. The fourth-order valence-electron chi connectivity index (χ4n) is 1.82. The molecule has 0 aliphatic carbocycles. The summed E-state index contributed by atoms with van der Waals surface area (Å²) in [6.07, 6.45) is 3.47. The minimum atomic E-state index is -1.12. The Morgan fingerprint density at radius 1 is 1.44 bits per heavy atom. The average molecular weight is 250 g/mol. The Morgan fingerprint density at radius 2 is 2.28 bits per heavy atom. The maximum atomic E-state index is 11.9. The highest BCUT2D eigenvalue weighted by molar-refractivity contribution is 6.00. The van der Waals surface area contributed by atoms with Gasteiger partial charge in [-0.25, -0.2) is 9.78 Å². The predicted molar refractivity (Wildman–Crippen MR) is 63.4 cm³/mol. The molecule has 2 rings (SSSR count). The molecule has 1 aliphatic rings. The number of carbonyl (C=O) groups is 2. The van der Waals surface area contributed by atoms with Crippen molar-refractivity contribution in [2.24, 2.45) is 0 Å². The Morgan fingerprint density at radius 3 is 2.94 bits per heavy atom. The van der Waals surface area contributed by atoms with Gasteiger partial charge in [0.25, 0.3) is 5.91 Å². The van der Waals surface area contributed by atoms with Gasteiger partial charge in [-0.3, -0.25) is 4.79 Å². The van der Waals surface area contributed by atoms with E-state index in [4.69, 9.17) is 9.84 Å². The van der Waals surface area contributed by atoms with Crippen LogP contribution >= 0.6 is 0 Å². The number of aromatic nitrogens is 1. The van der Waals surface area contributed by atoms with Crippen LogP contribution in [0.1, 0.15) is 29.6 Å². The quantitative estimate of drug-likeness (QED) is 0.843. The van der Waals surface area contributed by atoms with Gasteiger partial charge in [0, 0.05) is 12.8 Å². The molecule has 0 radical (unpaired) electrons. The first kappa shape index (κ1) is 12.5. The number of aromatic carboxylic acids is 1. The third-order valence-electron chi connectivity index (χ3n) is 2.75. The van der Waals surface area contributed by atoms with Crippen molar-refractivity contribution >= 4 is 17.7 Å². The van der Waals surface area contributed by atoms with Crippen LogP contribution in [0.4, 0.5) is 5.82 Å². The van der Waals surface area contributed by atoms with Crippen LogP contribution in [0.2, 0.25) is 0 Å². The molecule has 2 N–H and O–H groups in total. The smallest absolute Gasteiger partial charge is 0.339 e. The van der Waals surface area contributed by atoms with E-state index in [0.717, 1.165) is 12.8 Å². The Kier molecular flexibility index (Phi) is 3.88. The number of pyridine rings is 1. The predicted octanol–water partition coefficient (Wildman–Crippen LogP) is 1.29. The summed E-state index contributed by atoms with van der Waals surface area (Å²) in [5.74, 6) is -1.40. The number of hydrogen-bond acceptors (Lipinski definition) is 4. The molecule has 2 heterocycles. The van der Waals surface area contributed by atoms with Crippen LogP contribution in [0.25, 0.3) is 0 Å². The van der Waals surface area contributed by atoms with Gasteiger partial charge in [0.05, 0.1) is 0 Å². The van der Waals surface area contributed by atoms with E-state index in [9.17, 15) is 9.59 Å². The van der Waals surface area contributed by atoms with Gasteiger partial charge < -0.3 is 15.2 Å². The first-order valence-corrected chi connectivity index (χ1v) is 5.79. The number of ether oxygens (including phenoxy) is 1. The van der Waals surface area contributed by atoms with Crippen molar-refractivity contribution in [2.45, 2.75) is 25.4 Å². The summed E-state index contributed by atoms with van der Waals surface area (Å²) in [6.45, 7) is 0.562. The third kappa shape index (κ3) is 2.84. The van der Waals surface area contributed by atoms with Gasteiger partial charge in [-0.05, 0) is 31.4 Å². The molecule has 96 valence electrons. The third-order valence-corrected chi connectivity index (χ3v) is 2.75. The fraction of sp³-hybridized carbons (Fsp3) is 0.417. The summed E-state index contributed by atoms with van der Waals surface area (Å²) in [7, 11) is 0. The van der Waals surface area contributed by atoms with E-state index in [0.29, 0.717) is 13.0 Å². The summed E-state index contributed by atoms with van der Waals surface area (Å²) in [4.78, 5) is 26.7. The first-order valence-electron chi connectivity index (χ1n) is 5.79. The molecule has 0 spiro atoms. The van der Waals surface area contributed by atoms with Crippen LogP contribution in [0.15, 0.2) is 18.3 Å². The molecule has 1 aromatic heterocycles. The Hall–Kier alpha value is -1.95. The average Bonchev–Trinajstić information content (AvgIpc) is 2.40. The molecule has 1 aromatic rings. The number of rotatable bonds is 3. The van der Waals surface area contributed by atoms with E-state index in [1.165, 1.54) is 18.3 Å². The molecule has 18 heavy (non-hydrogen) atoms. The number of carboxylic acid groups (broad SMARTS) is 1. The summed E-state index contributed by atoms with van der Waals surface area (Å²) in [6, 6.07) is 2.91. The number of nitrogens with one attached hydrogen (secondary N) is 1. The molecular weight excluding hydrogens is 236 g/mol. The van der Waals surface area contributed by atoms with Crippen molar-refractivity contribution in [1.82, 2.24) is 4.98 Å². The Bertz CT molecular complexity index is 455. The van der Waals surface area contributed by atoms with Crippen molar-refractivity contribution in [3.63, 3.8) is 0 Å². The van der Waals surface area contributed by atoms with Crippen LogP contribution in [-0.2, 0) is 9.53 Å². The van der Waals surface area contributed by atoms with Gasteiger partial charge >= 0.3 is 5.97 Å².